The van der Waals surface area contributed by atoms with E-state index in [-0.39, 0.29) is 6.29 Å². The monoisotopic (exact) mass is 424 g/mol. The number of hydrogen-bond donors (Lipinski definition) is 0. The van der Waals surface area contributed by atoms with Gasteiger partial charge in [-0.1, -0.05) is 29.4 Å². The quantitative estimate of drug-likeness (QED) is 0.145. The molecule has 0 saturated heterocycles. The lowest BCUT2D eigenvalue weighted by molar-refractivity contribution is -0.0767. The third-order valence-corrected chi connectivity index (χ3v) is 4.58. The third kappa shape index (κ3) is 13.0. The molecular formula is C24H44N2O4. The Balaban J connectivity index is 5.07. The number of hydrazone groups is 1. The van der Waals surface area contributed by atoms with E-state index >= 15 is 0 Å². The number of rotatable bonds is 16. The molecular weight excluding hydrogens is 380 g/mol. The van der Waals surface area contributed by atoms with Crippen molar-refractivity contribution in [3.63, 3.8) is 0 Å². The molecule has 0 unspecified atom stereocenters. The van der Waals surface area contributed by atoms with Crippen LogP contribution in [0.25, 0.3) is 0 Å². The van der Waals surface area contributed by atoms with E-state index in [1.165, 1.54) is 11.1 Å². The minimum atomic E-state index is -0.448. The van der Waals surface area contributed by atoms with Gasteiger partial charge in [-0.2, -0.15) is 5.10 Å². The summed E-state index contributed by atoms with van der Waals surface area (Å²) >= 11 is 0. The standard InChI is InChI=1S/C24H44N2O4/c1-19(2)13-10-14-20(3)15-11-16-21(23(27-6)28-7)17-12-18-22(25-26(4)5)24(29-8)30-9/h13,15,17,23-24H,10-12,14,16,18H2,1-9H3/b20-15+,21-17-,25-22-. The molecule has 0 aliphatic carbocycles. The maximum absolute atomic E-state index is 5.52. The van der Waals surface area contributed by atoms with Crippen molar-refractivity contribution in [2.45, 2.75) is 71.9 Å². The van der Waals surface area contributed by atoms with Crippen LogP contribution in [0.3, 0.4) is 0 Å². The molecule has 0 spiro atoms. The highest BCUT2D eigenvalue weighted by Crippen LogP contribution is 2.18. The highest BCUT2D eigenvalue weighted by molar-refractivity contribution is 5.87. The van der Waals surface area contributed by atoms with Crippen molar-refractivity contribution in [2.75, 3.05) is 42.5 Å². The predicted molar refractivity (Wildman–Crippen MR) is 126 cm³/mol. The van der Waals surface area contributed by atoms with Gasteiger partial charge in [0, 0.05) is 42.5 Å². The van der Waals surface area contributed by atoms with E-state index in [0.717, 1.165) is 49.8 Å². The van der Waals surface area contributed by atoms with Crippen molar-refractivity contribution in [3.8, 4) is 0 Å². The van der Waals surface area contributed by atoms with Crippen molar-refractivity contribution < 1.29 is 18.9 Å². The smallest absolute Gasteiger partial charge is 0.198 e. The first-order chi connectivity index (χ1) is 14.3. The second kappa shape index (κ2) is 17.2. The van der Waals surface area contributed by atoms with E-state index in [9.17, 15) is 0 Å². The summed E-state index contributed by atoms with van der Waals surface area (Å²) in [6, 6.07) is 0. The van der Waals surface area contributed by atoms with Crippen LogP contribution in [-0.2, 0) is 18.9 Å². The van der Waals surface area contributed by atoms with Gasteiger partial charge in [-0.15, -0.1) is 0 Å². The number of methoxy groups -OCH3 is 4. The predicted octanol–water partition coefficient (Wildman–Crippen LogP) is 5.32. The van der Waals surface area contributed by atoms with Crippen LogP contribution in [0.2, 0.25) is 0 Å². The van der Waals surface area contributed by atoms with Gasteiger partial charge in [0.1, 0.15) is 0 Å². The van der Waals surface area contributed by atoms with Crippen LogP contribution in [0.15, 0.2) is 40.0 Å². The first kappa shape index (κ1) is 28.5. The summed E-state index contributed by atoms with van der Waals surface area (Å²) in [4.78, 5) is 0. The molecule has 0 aliphatic rings. The summed E-state index contributed by atoms with van der Waals surface area (Å²) < 4.78 is 21.8. The molecule has 0 aromatic rings. The molecule has 6 nitrogen and oxygen atoms in total. The Kier molecular flexibility index (Phi) is 16.4. The molecule has 0 bridgehead atoms. The average Bonchev–Trinajstić information content (AvgIpc) is 2.68. The minimum Gasteiger partial charge on any atom is -0.352 e. The van der Waals surface area contributed by atoms with Gasteiger partial charge in [0.2, 0.25) is 0 Å². The lowest BCUT2D eigenvalue weighted by Gasteiger charge is -2.19. The molecule has 0 amide bonds. The normalized spacial score (nSPS) is 13.4. The van der Waals surface area contributed by atoms with Crippen molar-refractivity contribution >= 4 is 5.71 Å². The highest BCUT2D eigenvalue weighted by atomic mass is 16.7. The zero-order chi connectivity index (χ0) is 22.9. The maximum Gasteiger partial charge on any atom is 0.198 e. The maximum atomic E-state index is 5.52. The molecule has 6 heteroatoms. The lowest BCUT2D eigenvalue weighted by Crippen LogP contribution is -2.27. The topological polar surface area (TPSA) is 52.5 Å². The fraction of sp³-hybridized carbons (Fsp3) is 0.708. The van der Waals surface area contributed by atoms with E-state index in [0.29, 0.717) is 0 Å². The van der Waals surface area contributed by atoms with E-state index in [1.807, 2.05) is 14.1 Å². The molecule has 0 N–H and O–H groups in total. The summed E-state index contributed by atoms with van der Waals surface area (Å²) in [5.41, 5.74) is 4.78. The Bertz CT molecular complexity index is 568. The fourth-order valence-electron chi connectivity index (χ4n) is 3.14. The molecule has 174 valence electrons. The fourth-order valence-corrected chi connectivity index (χ4v) is 3.14. The lowest BCUT2D eigenvalue weighted by atomic mass is 10.0. The van der Waals surface area contributed by atoms with Crippen molar-refractivity contribution in [3.05, 3.63) is 34.9 Å². The number of hydrogen-bond acceptors (Lipinski definition) is 6. The summed E-state index contributed by atoms with van der Waals surface area (Å²) in [6.07, 6.45) is 11.6. The first-order valence-corrected chi connectivity index (χ1v) is 10.6. The Morgan fingerprint density at radius 3 is 1.77 bits per heavy atom. The zero-order valence-electron chi connectivity index (χ0n) is 20.7. The van der Waals surface area contributed by atoms with Gasteiger partial charge < -0.3 is 24.0 Å². The summed E-state index contributed by atoms with van der Waals surface area (Å²) in [6.45, 7) is 6.48. The third-order valence-electron chi connectivity index (χ3n) is 4.58. The Morgan fingerprint density at radius 1 is 0.733 bits per heavy atom. The van der Waals surface area contributed by atoms with E-state index in [1.54, 1.807) is 33.4 Å². The Labute approximate surface area is 184 Å². The first-order valence-electron chi connectivity index (χ1n) is 10.6. The molecule has 0 aromatic heterocycles. The van der Waals surface area contributed by atoms with Crippen LogP contribution in [0, 0.1) is 0 Å². The molecule has 0 aliphatic heterocycles. The van der Waals surface area contributed by atoms with Crippen LogP contribution in [0.5, 0.6) is 0 Å². The van der Waals surface area contributed by atoms with Crippen LogP contribution in [0.4, 0.5) is 0 Å². The van der Waals surface area contributed by atoms with Gasteiger partial charge in [-0.25, -0.2) is 0 Å². The van der Waals surface area contributed by atoms with E-state index in [2.05, 4.69) is 44.1 Å². The summed E-state index contributed by atoms with van der Waals surface area (Å²) in [5, 5.41) is 6.29. The van der Waals surface area contributed by atoms with Crippen molar-refractivity contribution in [1.29, 1.82) is 0 Å². The number of nitrogens with zero attached hydrogens (tertiary/aromatic N) is 2. The minimum absolute atomic E-state index is 0.334. The molecule has 0 aromatic carbocycles. The van der Waals surface area contributed by atoms with Gasteiger partial charge in [0.05, 0.1) is 5.71 Å². The Hall–Kier alpha value is -1.47. The number of ether oxygens (including phenoxy) is 4. The van der Waals surface area contributed by atoms with Gasteiger partial charge in [0.25, 0.3) is 0 Å². The van der Waals surface area contributed by atoms with E-state index < -0.39 is 6.29 Å². The van der Waals surface area contributed by atoms with Crippen molar-refractivity contribution in [2.24, 2.45) is 5.10 Å². The van der Waals surface area contributed by atoms with Gasteiger partial charge >= 0.3 is 0 Å². The zero-order valence-corrected chi connectivity index (χ0v) is 20.7. The highest BCUT2D eigenvalue weighted by Gasteiger charge is 2.16. The van der Waals surface area contributed by atoms with Gasteiger partial charge in [-0.05, 0) is 64.9 Å². The summed E-state index contributed by atoms with van der Waals surface area (Å²) in [5.74, 6) is 0. The van der Waals surface area contributed by atoms with Crippen LogP contribution < -0.4 is 0 Å². The molecule has 0 radical (unpaired) electrons. The summed E-state index contributed by atoms with van der Waals surface area (Å²) in [7, 11) is 10.4. The van der Waals surface area contributed by atoms with Crippen LogP contribution in [-0.4, -0.2) is 65.8 Å². The Morgan fingerprint density at radius 2 is 1.27 bits per heavy atom. The molecule has 30 heavy (non-hydrogen) atoms. The molecule has 0 rings (SSSR count). The average molecular weight is 425 g/mol. The molecule has 0 heterocycles. The molecule has 0 atom stereocenters. The SMILES string of the molecule is COC(OC)/C(=C\CC/C(=N/N(C)C)C(OC)OC)CC/C=C(\C)CCC=C(C)C. The largest absolute Gasteiger partial charge is 0.352 e. The van der Waals surface area contributed by atoms with Crippen LogP contribution >= 0.6 is 0 Å². The van der Waals surface area contributed by atoms with Gasteiger partial charge in [-0.3, -0.25) is 0 Å². The van der Waals surface area contributed by atoms with Crippen LogP contribution in [0.1, 0.15) is 59.3 Å². The van der Waals surface area contributed by atoms with Crippen molar-refractivity contribution in [1.82, 2.24) is 5.01 Å². The second-order valence-corrected chi connectivity index (χ2v) is 7.77. The second-order valence-electron chi connectivity index (χ2n) is 7.77. The molecule has 0 fully saturated rings. The van der Waals surface area contributed by atoms with Gasteiger partial charge in [0.15, 0.2) is 12.6 Å². The van der Waals surface area contributed by atoms with E-state index in [4.69, 9.17) is 18.9 Å². The number of allylic oxidation sites excluding steroid dienone is 5. The molecule has 0 saturated carbocycles.